The van der Waals surface area contributed by atoms with Gasteiger partial charge in [-0.05, 0) is 116 Å². The van der Waals surface area contributed by atoms with Gasteiger partial charge in [0.25, 0.3) is 0 Å². The normalized spacial score (nSPS) is 41.8. The second-order valence-corrected chi connectivity index (χ2v) is 13.1. The van der Waals surface area contributed by atoms with Crippen LogP contribution in [0.4, 0.5) is 0 Å². The molecular weight excluding hydrogens is 388 g/mol. The molecule has 0 aromatic heterocycles. The average Bonchev–Trinajstić information content (AvgIpc) is 3.11. The fourth-order valence-electron chi connectivity index (χ4n) is 9.51. The van der Waals surface area contributed by atoms with E-state index < -0.39 is 0 Å². The van der Waals surface area contributed by atoms with Crippen LogP contribution in [0.25, 0.3) is 0 Å². The number of rotatable bonds is 5. The highest BCUT2D eigenvalue weighted by Gasteiger charge is 2.60. The average molecular weight is 435 g/mol. The maximum Gasteiger partial charge on any atom is 0.128 e. The van der Waals surface area contributed by atoms with Crippen molar-refractivity contribution in [2.75, 3.05) is 0 Å². The topological polar surface area (TPSA) is 47.6 Å². The molecule has 0 N–H and O–H groups in total. The summed E-state index contributed by atoms with van der Waals surface area (Å²) in [7, 11) is 0. The van der Waals surface area contributed by atoms with Crippen molar-refractivity contribution in [2.45, 2.75) is 112 Å². The summed E-state index contributed by atoms with van der Waals surface area (Å²) in [6.45, 7) is 12.6. The molecule has 0 bridgehead atoms. The van der Waals surface area contributed by atoms with Crippen LogP contribution in [0.15, 0.2) is 11.1 Å². The lowest BCUT2D eigenvalue weighted by Gasteiger charge is -2.61. The Morgan fingerprint density at radius 3 is 2.31 bits per heavy atom. The lowest BCUT2D eigenvalue weighted by Crippen LogP contribution is -2.53. The van der Waals surface area contributed by atoms with E-state index in [0.29, 0.717) is 22.3 Å². The van der Waals surface area contributed by atoms with E-state index in [1.165, 1.54) is 64.2 Å². The smallest absolute Gasteiger partial charge is 0.128 e. The van der Waals surface area contributed by atoms with Crippen LogP contribution in [0.5, 0.6) is 0 Å². The molecule has 4 aliphatic carbocycles. The highest BCUT2D eigenvalue weighted by atomic mass is 14.6. The van der Waals surface area contributed by atoms with E-state index in [2.05, 4.69) is 46.8 Å². The first kappa shape index (κ1) is 23.9. The summed E-state index contributed by atoms with van der Waals surface area (Å²) in [5, 5.41) is 18.8. The molecule has 0 aliphatic heterocycles. The minimum absolute atomic E-state index is 0.412. The quantitative estimate of drug-likeness (QED) is 0.407. The molecule has 0 spiro atoms. The first-order valence-corrected chi connectivity index (χ1v) is 13.8. The fourth-order valence-corrected chi connectivity index (χ4v) is 9.51. The van der Waals surface area contributed by atoms with Gasteiger partial charge in [-0.15, -0.1) is 0 Å². The molecular formula is C30H46N2. The van der Waals surface area contributed by atoms with Crippen LogP contribution >= 0.6 is 0 Å². The molecule has 0 aromatic rings. The summed E-state index contributed by atoms with van der Waals surface area (Å²) in [5.41, 5.74) is 2.56. The van der Waals surface area contributed by atoms with E-state index in [9.17, 15) is 10.5 Å². The Hall–Kier alpha value is -1.28. The summed E-state index contributed by atoms with van der Waals surface area (Å²) < 4.78 is 0. The van der Waals surface area contributed by atoms with Crippen molar-refractivity contribution in [1.82, 2.24) is 0 Å². The predicted octanol–water partition coefficient (Wildman–Crippen LogP) is 8.45. The number of nitriles is 2. The van der Waals surface area contributed by atoms with Crippen molar-refractivity contribution < 1.29 is 0 Å². The molecule has 0 amide bonds. The van der Waals surface area contributed by atoms with Crippen LogP contribution in [-0.4, -0.2) is 0 Å². The van der Waals surface area contributed by atoms with Gasteiger partial charge in [-0.1, -0.05) is 53.9 Å². The third kappa shape index (κ3) is 3.95. The highest BCUT2D eigenvalue weighted by molar-refractivity contribution is 5.41. The van der Waals surface area contributed by atoms with E-state index in [4.69, 9.17) is 0 Å². The molecule has 0 saturated heterocycles. The number of hydrogen-bond donors (Lipinski definition) is 0. The lowest BCUT2D eigenvalue weighted by atomic mass is 9.44. The van der Waals surface area contributed by atoms with Crippen molar-refractivity contribution in [3.8, 4) is 12.1 Å². The highest BCUT2D eigenvalue weighted by Crippen LogP contribution is 2.68. The molecule has 0 unspecified atom stereocenters. The second kappa shape index (κ2) is 9.16. The molecule has 4 aliphatic rings. The summed E-state index contributed by atoms with van der Waals surface area (Å²) in [6, 6.07) is 4.35. The standard InChI is InChI=1S/C30H46N2/c1-20(2)7-6-8-21(3)26-11-12-27-25-10-9-24-17-22(23(18-31)19-32)13-15-29(24,4)28(25)14-16-30(26,27)5/h20-21,24-28H,6-17H2,1-5H3/t21-,24-,25+,26-,27-,28+,29-,30+/m0/s1. The summed E-state index contributed by atoms with van der Waals surface area (Å²) >= 11 is 0. The Kier molecular flexibility index (Phi) is 6.83. The Labute approximate surface area is 197 Å². The van der Waals surface area contributed by atoms with Crippen molar-refractivity contribution in [3.63, 3.8) is 0 Å². The molecule has 2 heteroatoms. The monoisotopic (exact) mass is 434 g/mol. The van der Waals surface area contributed by atoms with E-state index in [-0.39, 0.29) is 0 Å². The summed E-state index contributed by atoms with van der Waals surface area (Å²) in [6.07, 6.45) is 15.9. The van der Waals surface area contributed by atoms with Crippen LogP contribution in [-0.2, 0) is 0 Å². The maximum absolute atomic E-state index is 9.38. The number of hydrogen-bond acceptors (Lipinski definition) is 2. The molecule has 2 nitrogen and oxygen atoms in total. The zero-order chi connectivity index (χ0) is 23.1. The zero-order valence-corrected chi connectivity index (χ0v) is 21.4. The third-order valence-electron chi connectivity index (χ3n) is 11.3. The minimum Gasteiger partial charge on any atom is -0.192 e. The molecule has 4 fully saturated rings. The number of nitrogens with zero attached hydrogens (tertiary/aromatic N) is 2. The number of allylic oxidation sites excluding steroid dienone is 2. The van der Waals surface area contributed by atoms with E-state index in [0.717, 1.165) is 53.9 Å². The molecule has 0 heterocycles. The summed E-state index contributed by atoms with van der Waals surface area (Å²) in [4.78, 5) is 0. The van der Waals surface area contributed by atoms with Crippen LogP contribution < -0.4 is 0 Å². The predicted molar refractivity (Wildman–Crippen MR) is 131 cm³/mol. The van der Waals surface area contributed by atoms with Gasteiger partial charge in [0.05, 0.1) is 0 Å². The van der Waals surface area contributed by atoms with Gasteiger partial charge in [0.15, 0.2) is 0 Å². The van der Waals surface area contributed by atoms with Gasteiger partial charge in [-0.2, -0.15) is 10.5 Å². The molecule has 176 valence electrons. The first-order chi connectivity index (χ1) is 15.2. The van der Waals surface area contributed by atoms with Crippen LogP contribution in [0, 0.1) is 74.9 Å². The second-order valence-electron chi connectivity index (χ2n) is 13.1. The van der Waals surface area contributed by atoms with Gasteiger partial charge in [0.1, 0.15) is 17.7 Å². The molecule has 8 atom stereocenters. The molecule has 4 saturated carbocycles. The maximum atomic E-state index is 9.38. The number of fused-ring (bicyclic) bond motifs is 5. The van der Waals surface area contributed by atoms with Crippen LogP contribution in [0.3, 0.4) is 0 Å². The fraction of sp³-hybridized carbons (Fsp3) is 0.867. The Balaban J connectivity index is 1.48. The van der Waals surface area contributed by atoms with Gasteiger partial charge in [0, 0.05) is 0 Å². The van der Waals surface area contributed by atoms with Gasteiger partial charge < -0.3 is 0 Å². The van der Waals surface area contributed by atoms with E-state index in [1.54, 1.807) is 0 Å². The molecule has 0 radical (unpaired) electrons. The molecule has 0 aromatic carbocycles. The van der Waals surface area contributed by atoms with Crippen molar-refractivity contribution in [1.29, 1.82) is 10.5 Å². The zero-order valence-electron chi connectivity index (χ0n) is 21.4. The van der Waals surface area contributed by atoms with Gasteiger partial charge in [-0.25, -0.2) is 0 Å². The van der Waals surface area contributed by atoms with Gasteiger partial charge >= 0.3 is 0 Å². The van der Waals surface area contributed by atoms with Crippen molar-refractivity contribution in [2.24, 2.45) is 52.3 Å². The van der Waals surface area contributed by atoms with Gasteiger partial charge in [-0.3, -0.25) is 0 Å². The SMILES string of the molecule is CC(C)CCC[C@H](C)[C@@H]1CC[C@H]2[C@H]3CC[C@H]4CC(=C(C#N)C#N)CC[C@]4(C)[C@@H]3CC[C@@]21C. The molecule has 32 heavy (non-hydrogen) atoms. The Morgan fingerprint density at radius 1 is 0.906 bits per heavy atom. The molecule has 4 rings (SSSR count). The Bertz CT molecular complexity index is 794. The lowest BCUT2D eigenvalue weighted by molar-refractivity contribution is -0.109. The van der Waals surface area contributed by atoms with Gasteiger partial charge in [0.2, 0.25) is 0 Å². The largest absolute Gasteiger partial charge is 0.192 e. The van der Waals surface area contributed by atoms with Crippen molar-refractivity contribution >= 4 is 0 Å². The first-order valence-electron chi connectivity index (χ1n) is 13.8. The van der Waals surface area contributed by atoms with Crippen LogP contribution in [0.1, 0.15) is 112 Å². The van der Waals surface area contributed by atoms with Crippen LogP contribution in [0.2, 0.25) is 0 Å². The Morgan fingerprint density at radius 2 is 1.62 bits per heavy atom. The minimum atomic E-state index is 0.412. The van der Waals surface area contributed by atoms with E-state index >= 15 is 0 Å². The third-order valence-corrected chi connectivity index (χ3v) is 11.3. The summed E-state index contributed by atoms with van der Waals surface area (Å²) in [5.74, 6) is 6.04. The van der Waals surface area contributed by atoms with E-state index in [1.807, 2.05) is 0 Å². The van der Waals surface area contributed by atoms with Crippen molar-refractivity contribution in [3.05, 3.63) is 11.1 Å².